The molecule has 2 aromatic rings. The average molecular weight is 281 g/mol. The van der Waals surface area contributed by atoms with Gasteiger partial charge in [0.05, 0.1) is 12.2 Å². The highest BCUT2D eigenvalue weighted by atomic mass is 16.5. The summed E-state index contributed by atoms with van der Waals surface area (Å²) in [5, 5.41) is 3.33. The Bertz CT molecular complexity index is 653. The van der Waals surface area contributed by atoms with Gasteiger partial charge in [-0.15, -0.1) is 6.42 Å². The Hall–Kier alpha value is -2.34. The lowest BCUT2D eigenvalue weighted by Crippen LogP contribution is -2.02. The first-order valence-electron chi connectivity index (χ1n) is 7.25. The summed E-state index contributed by atoms with van der Waals surface area (Å²) < 4.78 is 11.4. The van der Waals surface area contributed by atoms with Crippen LogP contribution in [0.4, 0.5) is 5.69 Å². The van der Waals surface area contributed by atoms with Gasteiger partial charge in [-0.2, -0.15) is 0 Å². The van der Waals surface area contributed by atoms with E-state index in [1.807, 2.05) is 30.3 Å². The normalized spacial score (nSPS) is 19.8. The van der Waals surface area contributed by atoms with Crippen molar-refractivity contribution in [2.24, 2.45) is 5.92 Å². The molecule has 0 radical (unpaired) electrons. The number of terminal acetylenes is 1. The zero-order valence-corrected chi connectivity index (χ0v) is 12.1. The maximum absolute atomic E-state index is 5.89. The zero-order chi connectivity index (χ0) is 14.7. The van der Waals surface area contributed by atoms with Crippen molar-refractivity contribution in [2.45, 2.75) is 25.8 Å². The van der Waals surface area contributed by atoms with Crippen molar-refractivity contribution in [1.29, 1.82) is 0 Å². The summed E-state index contributed by atoms with van der Waals surface area (Å²) in [6.07, 6.45) is 6.47. The number of hydrogen-bond acceptors (Lipinski definition) is 3. The highest BCUT2D eigenvalue weighted by Gasteiger charge is 2.36. The zero-order valence-electron chi connectivity index (χ0n) is 12.1. The van der Waals surface area contributed by atoms with E-state index >= 15 is 0 Å². The molecule has 2 unspecified atom stereocenters. The fourth-order valence-corrected chi connectivity index (χ4v) is 2.45. The molecule has 0 amide bonds. The molecular formula is C18H19NO2. The van der Waals surface area contributed by atoms with Crippen LogP contribution >= 0.6 is 0 Å². The molecule has 2 atom stereocenters. The number of ether oxygens (including phenoxy) is 1. The average Bonchev–Trinajstić information content (AvgIpc) is 3.05. The van der Waals surface area contributed by atoms with E-state index in [0.717, 1.165) is 28.9 Å². The van der Waals surface area contributed by atoms with Crippen molar-refractivity contribution in [3.05, 3.63) is 47.9 Å². The molecular weight excluding hydrogens is 262 g/mol. The van der Waals surface area contributed by atoms with Crippen LogP contribution < -0.4 is 10.1 Å². The number of para-hydroxylation sites is 2. The van der Waals surface area contributed by atoms with Crippen LogP contribution in [-0.2, 0) is 6.54 Å². The van der Waals surface area contributed by atoms with E-state index in [9.17, 15) is 0 Å². The molecule has 1 saturated carbocycles. The Morgan fingerprint density at radius 2 is 2.14 bits per heavy atom. The summed E-state index contributed by atoms with van der Waals surface area (Å²) in [4.78, 5) is 0. The van der Waals surface area contributed by atoms with Gasteiger partial charge in [0.2, 0.25) is 0 Å². The van der Waals surface area contributed by atoms with Gasteiger partial charge in [0.15, 0.2) is 0 Å². The maximum atomic E-state index is 5.89. The Balaban J connectivity index is 1.62. The molecule has 0 aliphatic heterocycles. The molecule has 3 rings (SSSR count). The van der Waals surface area contributed by atoms with Crippen LogP contribution in [0.25, 0.3) is 0 Å². The van der Waals surface area contributed by atoms with Crippen LogP contribution in [0.3, 0.4) is 0 Å². The van der Waals surface area contributed by atoms with Gasteiger partial charge >= 0.3 is 0 Å². The molecule has 1 aromatic heterocycles. The van der Waals surface area contributed by atoms with Gasteiger partial charge in [0.1, 0.15) is 23.9 Å². The molecule has 108 valence electrons. The molecule has 1 aliphatic rings. The van der Waals surface area contributed by atoms with E-state index in [0.29, 0.717) is 12.5 Å². The second-order valence-corrected chi connectivity index (χ2v) is 5.47. The van der Waals surface area contributed by atoms with Crippen molar-refractivity contribution in [3.8, 4) is 18.1 Å². The van der Waals surface area contributed by atoms with E-state index in [4.69, 9.17) is 15.6 Å². The second kappa shape index (κ2) is 5.97. The second-order valence-electron chi connectivity index (χ2n) is 5.47. The minimum Gasteiger partial charge on any atom is -0.479 e. The number of anilines is 1. The summed E-state index contributed by atoms with van der Waals surface area (Å²) in [5.74, 6) is 6.66. The molecule has 0 saturated heterocycles. The number of rotatable bonds is 6. The van der Waals surface area contributed by atoms with Gasteiger partial charge in [-0.05, 0) is 36.6 Å². The van der Waals surface area contributed by atoms with E-state index in [-0.39, 0.29) is 6.61 Å². The first-order valence-corrected chi connectivity index (χ1v) is 7.25. The Kier molecular flexibility index (Phi) is 3.87. The summed E-state index contributed by atoms with van der Waals surface area (Å²) in [7, 11) is 0. The topological polar surface area (TPSA) is 34.4 Å². The minimum atomic E-state index is 0.267. The van der Waals surface area contributed by atoms with Gasteiger partial charge in [-0.3, -0.25) is 0 Å². The summed E-state index contributed by atoms with van der Waals surface area (Å²) >= 11 is 0. The fraction of sp³-hybridized carbons (Fsp3) is 0.333. The number of furan rings is 1. The monoisotopic (exact) mass is 281 g/mol. The lowest BCUT2D eigenvalue weighted by Gasteiger charge is -2.10. The van der Waals surface area contributed by atoms with E-state index in [1.54, 1.807) is 0 Å². The first-order chi connectivity index (χ1) is 10.3. The van der Waals surface area contributed by atoms with Crippen molar-refractivity contribution in [3.63, 3.8) is 0 Å². The van der Waals surface area contributed by atoms with E-state index in [1.165, 1.54) is 6.42 Å². The number of nitrogens with one attached hydrogen (secondary N) is 1. The molecule has 3 heteroatoms. The molecule has 0 bridgehead atoms. The SMILES string of the molecule is C#CCOc1ccccc1NCc1ccc(C2CC2C)o1. The third-order valence-corrected chi connectivity index (χ3v) is 3.81. The predicted molar refractivity (Wildman–Crippen MR) is 83.3 cm³/mol. The molecule has 21 heavy (non-hydrogen) atoms. The van der Waals surface area contributed by atoms with Crippen LogP contribution in [0.2, 0.25) is 0 Å². The summed E-state index contributed by atoms with van der Waals surface area (Å²) in [5.41, 5.74) is 0.922. The molecule has 1 aliphatic carbocycles. The van der Waals surface area contributed by atoms with Crippen LogP contribution in [0.1, 0.15) is 30.8 Å². The quantitative estimate of drug-likeness (QED) is 0.812. The summed E-state index contributed by atoms with van der Waals surface area (Å²) in [6, 6.07) is 11.9. The summed E-state index contributed by atoms with van der Waals surface area (Å²) in [6.45, 7) is 3.16. The first kappa shape index (κ1) is 13.6. The van der Waals surface area contributed by atoms with E-state index < -0.39 is 0 Å². The molecule has 1 fully saturated rings. The Labute approximate surface area is 125 Å². The number of hydrogen-bond donors (Lipinski definition) is 1. The Morgan fingerprint density at radius 3 is 2.90 bits per heavy atom. The third-order valence-electron chi connectivity index (χ3n) is 3.81. The largest absolute Gasteiger partial charge is 0.479 e. The third kappa shape index (κ3) is 3.22. The van der Waals surface area contributed by atoms with E-state index in [2.05, 4.69) is 24.2 Å². The fourth-order valence-electron chi connectivity index (χ4n) is 2.45. The van der Waals surface area contributed by atoms with Crippen molar-refractivity contribution in [2.75, 3.05) is 11.9 Å². The van der Waals surface area contributed by atoms with Gasteiger partial charge < -0.3 is 14.5 Å². The number of benzene rings is 1. The van der Waals surface area contributed by atoms with Gasteiger partial charge in [0, 0.05) is 5.92 Å². The van der Waals surface area contributed by atoms with Crippen molar-refractivity contribution < 1.29 is 9.15 Å². The molecule has 1 aromatic carbocycles. The highest BCUT2D eigenvalue weighted by molar-refractivity contribution is 5.56. The lowest BCUT2D eigenvalue weighted by atomic mass is 10.2. The lowest BCUT2D eigenvalue weighted by molar-refractivity contribution is 0.372. The van der Waals surface area contributed by atoms with Crippen LogP contribution in [0.15, 0.2) is 40.8 Å². The van der Waals surface area contributed by atoms with Crippen LogP contribution in [0, 0.1) is 18.3 Å². The molecule has 1 N–H and O–H groups in total. The molecule has 1 heterocycles. The van der Waals surface area contributed by atoms with Gasteiger partial charge in [-0.1, -0.05) is 25.0 Å². The standard InChI is InChI=1S/C18H19NO2/c1-3-10-20-18-7-5-4-6-16(18)19-12-14-8-9-17(21-14)15-11-13(15)2/h1,4-9,13,15,19H,10-12H2,2H3. The highest BCUT2D eigenvalue weighted by Crippen LogP contribution is 2.47. The molecule has 3 nitrogen and oxygen atoms in total. The smallest absolute Gasteiger partial charge is 0.148 e. The van der Waals surface area contributed by atoms with Crippen molar-refractivity contribution >= 4 is 5.69 Å². The van der Waals surface area contributed by atoms with Crippen molar-refractivity contribution in [1.82, 2.24) is 0 Å². The maximum Gasteiger partial charge on any atom is 0.148 e. The predicted octanol–water partition coefficient (Wildman–Crippen LogP) is 4.03. The minimum absolute atomic E-state index is 0.267. The van der Waals surface area contributed by atoms with Crippen LogP contribution in [0.5, 0.6) is 5.75 Å². The molecule has 0 spiro atoms. The van der Waals surface area contributed by atoms with Gasteiger partial charge in [-0.25, -0.2) is 0 Å². The Morgan fingerprint density at radius 1 is 1.33 bits per heavy atom. The van der Waals surface area contributed by atoms with Crippen LogP contribution in [-0.4, -0.2) is 6.61 Å². The van der Waals surface area contributed by atoms with Gasteiger partial charge in [0.25, 0.3) is 0 Å².